The summed E-state index contributed by atoms with van der Waals surface area (Å²) in [7, 11) is 0. The van der Waals surface area contributed by atoms with E-state index in [-0.39, 0.29) is 38.8 Å². The molecule has 16 heteroatoms. The van der Waals surface area contributed by atoms with Crippen molar-refractivity contribution in [1.82, 2.24) is 10.6 Å². The molecule has 16 nitrogen and oxygen atoms in total. The molecule has 0 aromatic heterocycles. The van der Waals surface area contributed by atoms with Gasteiger partial charge in [-0.3, -0.25) is 24.0 Å². The predicted octanol–water partition coefficient (Wildman–Crippen LogP) is -1.01. The maximum Gasteiger partial charge on any atom is 0.303 e. The Morgan fingerprint density at radius 1 is 0.744 bits per heavy atom. The van der Waals surface area contributed by atoms with Gasteiger partial charge in [-0.15, -0.1) is 0 Å². The fraction of sp³-hybridized carbons (Fsp3) is 0.815. The number of aliphatic hydroxyl groups excluding tert-OH is 1. The summed E-state index contributed by atoms with van der Waals surface area (Å²) in [6.45, 7) is 7.04. The zero-order chi connectivity index (χ0) is 32.0. The van der Waals surface area contributed by atoms with Gasteiger partial charge < -0.3 is 53.6 Å². The van der Waals surface area contributed by atoms with E-state index in [1.807, 2.05) is 0 Å². The fourth-order valence-electron chi connectivity index (χ4n) is 3.98. The number of ether oxygens (including phenoxy) is 8. The lowest BCUT2D eigenvalue weighted by Crippen LogP contribution is -2.66. The van der Waals surface area contributed by atoms with Crippen LogP contribution in [0.25, 0.3) is 0 Å². The van der Waals surface area contributed by atoms with Gasteiger partial charge in [0, 0.05) is 47.3 Å². The third-order valence-electron chi connectivity index (χ3n) is 5.70. The van der Waals surface area contributed by atoms with Gasteiger partial charge in [0.2, 0.25) is 11.8 Å². The molecule has 2 amide bonds. The van der Waals surface area contributed by atoms with Gasteiger partial charge in [-0.1, -0.05) is 0 Å². The van der Waals surface area contributed by atoms with Gasteiger partial charge in [0.05, 0.1) is 46.2 Å². The molecule has 43 heavy (non-hydrogen) atoms. The van der Waals surface area contributed by atoms with Crippen molar-refractivity contribution in [1.29, 1.82) is 0 Å². The van der Waals surface area contributed by atoms with E-state index < -0.39 is 54.5 Å². The first kappa shape index (κ1) is 38.1. The van der Waals surface area contributed by atoms with Gasteiger partial charge in [-0.25, -0.2) is 0 Å². The van der Waals surface area contributed by atoms with Crippen molar-refractivity contribution in [2.24, 2.45) is 0 Å². The minimum atomic E-state index is -1.20. The molecule has 0 unspecified atom stereocenters. The van der Waals surface area contributed by atoms with Crippen molar-refractivity contribution in [3.05, 3.63) is 0 Å². The van der Waals surface area contributed by atoms with E-state index in [0.717, 1.165) is 13.8 Å². The SMILES string of the molecule is CC(=O)N[C@H]1[C@H](OCCCCC(=O)NCCOCCOCCOCCO)O[C@H](COC(C)=O)[C@H](OC(C)=O)[C@@H]1OC(C)=O. The smallest absolute Gasteiger partial charge is 0.303 e. The third-order valence-corrected chi connectivity index (χ3v) is 5.70. The second-order valence-electron chi connectivity index (χ2n) is 9.46. The van der Waals surface area contributed by atoms with Crippen LogP contribution in [0.5, 0.6) is 0 Å². The summed E-state index contributed by atoms with van der Waals surface area (Å²) < 4.78 is 43.4. The Morgan fingerprint density at radius 3 is 1.93 bits per heavy atom. The summed E-state index contributed by atoms with van der Waals surface area (Å²) in [5.74, 6) is -2.64. The Kier molecular flexibility index (Phi) is 20.1. The molecular formula is C27H46N2O14. The molecule has 1 aliphatic heterocycles. The summed E-state index contributed by atoms with van der Waals surface area (Å²) in [6, 6.07) is -1.05. The Hall–Kier alpha value is -2.89. The Morgan fingerprint density at radius 2 is 1.35 bits per heavy atom. The first-order valence-electron chi connectivity index (χ1n) is 14.2. The lowest BCUT2D eigenvalue weighted by atomic mass is 9.96. The first-order valence-corrected chi connectivity index (χ1v) is 14.2. The molecule has 0 saturated carbocycles. The number of esters is 3. The first-order chi connectivity index (χ1) is 20.5. The summed E-state index contributed by atoms with van der Waals surface area (Å²) in [6.07, 6.45) is -3.43. The quantitative estimate of drug-likeness (QED) is 0.0752. The Balaban J connectivity index is 2.53. The molecule has 0 aromatic rings. The summed E-state index contributed by atoms with van der Waals surface area (Å²) in [5.41, 5.74) is 0. The van der Waals surface area contributed by atoms with Crippen molar-refractivity contribution >= 4 is 29.7 Å². The summed E-state index contributed by atoms with van der Waals surface area (Å²) in [5, 5.41) is 14.0. The van der Waals surface area contributed by atoms with Crippen molar-refractivity contribution < 1.29 is 67.0 Å². The maximum atomic E-state index is 12.1. The second kappa shape index (κ2) is 22.6. The highest BCUT2D eigenvalue weighted by molar-refractivity contribution is 5.75. The fourth-order valence-corrected chi connectivity index (χ4v) is 3.98. The largest absolute Gasteiger partial charge is 0.463 e. The zero-order valence-corrected chi connectivity index (χ0v) is 25.3. The van der Waals surface area contributed by atoms with Crippen LogP contribution in [0.15, 0.2) is 0 Å². The average Bonchev–Trinajstić information content (AvgIpc) is 2.92. The van der Waals surface area contributed by atoms with Crippen LogP contribution in [0.2, 0.25) is 0 Å². The lowest BCUT2D eigenvalue weighted by molar-refractivity contribution is -0.277. The van der Waals surface area contributed by atoms with Crippen LogP contribution < -0.4 is 10.6 Å². The van der Waals surface area contributed by atoms with E-state index >= 15 is 0 Å². The van der Waals surface area contributed by atoms with Gasteiger partial charge >= 0.3 is 17.9 Å². The zero-order valence-electron chi connectivity index (χ0n) is 25.3. The number of nitrogens with one attached hydrogen (secondary N) is 2. The van der Waals surface area contributed by atoms with Crippen LogP contribution in [0.4, 0.5) is 0 Å². The van der Waals surface area contributed by atoms with Crippen LogP contribution in [-0.2, 0) is 61.9 Å². The van der Waals surface area contributed by atoms with E-state index in [9.17, 15) is 24.0 Å². The highest BCUT2D eigenvalue weighted by Crippen LogP contribution is 2.28. The third kappa shape index (κ3) is 17.7. The number of carbonyl (C=O) groups is 5. The second-order valence-corrected chi connectivity index (χ2v) is 9.46. The Labute approximate surface area is 251 Å². The van der Waals surface area contributed by atoms with Crippen LogP contribution in [0.1, 0.15) is 47.0 Å². The highest BCUT2D eigenvalue weighted by Gasteiger charge is 2.51. The van der Waals surface area contributed by atoms with Gasteiger partial charge in [0.15, 0.2) is 18.5 Å². The molecular weight excluding hydrogens is 576 g/mol. The van der Waals surface area contributed by atoms with Crippen LogP contribution in [0, 0.1) is 0 Å². The molecule has 0 aromatic carbocycles. The van der Waals surface area contributed by atoms with Crippen LogP contribution in [0.3, 0.4) is 0 Å². The minimum absolute atomic E-state index is 0.0288. The molecule has 1 fully saturated rings. The van der Waals surface area contributed by atoms with Crippen molar-refractivity contribution in [3.8, 4) is 0 Å². The van der Waals surface area contributed by atoms with Gasteiger partial charge in [0.1, 0.15) is 18.8 Å². The highest BCUT2D eigenvalue weighted by atomic mass is 16.7. The van der Waals surface area contributed by atoms with E-state index in [2.05, 4.69) is 10.6 Å². The molecule has 1 rings (SSSR count). The number of aliphatic hydroxyl groups is 1. The van der Waals surface area contributed by atoms with Crippen molar-refractivity contribution in [2.45, 2.75) is 77.6 Å². The van der Waals surface area contributed by atoms with E-state index in [4.69, 9.17) is 43.0 Å². The number of carbonyl (C=O) groups excluding carboxylic acids is 5. The number of hydrogen-bond acceptors (Lipinski definition) is 14. The number of rotatable bonds is 22. The standard InChI is InChI=1S/C27H46N2O14/c1-18(31)29-24-26(42-21(4)34)25(41-20(3)33)22(17-40-19(2)32)43-27(24)39-10-6-5-7-23(35)28-8-11-36-13-15-38-16-14-37-12-9-30/h22,24-27,30H,5-17H2,1-4H3,(H,28,35)(H,29,31)/t22-,24-,25+,26-,27-/m1/s1. The molecule has 248 valence electrons. The van der Waals surface area contributed by atoms with Crippen molar-refractivity contribution in [2.75, 3.05) is 66.0 Å². The number of unbranched alkanes of at least 4 members (excludes halogenated alkanes) is 1. The number of amides is 2. The van der Waals surface area contributed by atoms with Gasteiger partial charge in [-0.2, -0.15) is 0 Å². The molecule has 0 radical (unpaired) electrons. The number of hydrogen-bond donors (Lipinski definition) is 3. The van der Waals surface area contributed by atoms with E-state index in [1.54, 1.807) is 0 Å². The molecule has 1 heterocycles. The molecule has 1 aliphatic rings. The molecule has 0 aliphatic carbocycles. The van der Waals surface area contributed by atoms with Crippen molar-refractivity contribution in [3.63, 3.8) is 0 Å². The molecule has 5 atom stereocenters. The van der Waals surface area contributed by atoms with Gasteiger partial charge in [0.25, 0.3) is 0 Å². The maximum absolute atomic E-state index is 12.1. The molecule has 0 spiro atoms. The summed E-state index contributed by atoms with van der Waals surface area (Å²) >= 11 is 0. The Bertz CT molecular complexity index is 858. The molecule has 0 bridgehead atoms. The van der Waals surface area contributed by atoms with E-state index in [1.165, 1.54) is 13.8 Å². The van der Waals surface area contributed by atoms with E-state index in [0.29, 0.717) is 52.4 Å². The van der Waals surface area contributed by atoms with Crippen LogP contribution in [-0.4, -0.2) is 131 Å². The topological polar surface area (TPSA) is 203 Å². The average molecular weight is 623 g/mol. The normalized spacial score (nSPS) is 21.5. The van der Waals surface area contributed by atoms with Gasteiger partial charge in [-0.05, 0) is 12.8 Å². The molecule has 1 saturated heterocycles. The minimum Gasteiger partial charge on any atom is -0.463 e. The lowest BCUT2D eigenvalue weighted by Gasteiger charge is -2.44. The monoisotopic (exact) mass is 622 g/mol. The summed E-state index contributed by atoms with van der Waals surface area (Å²) in [4.78, 5) is 59.2. The van der Waals surface area contributed by atoms with Crippen LogP contribution >= 0.6 is 0 Å². The predicted molar refractivity (Wildman–Crippen MR) is 146 cm³/mol. The molecule has 3 N–H and O–H groups in total.